The van der Waals surface area contributed by atoms with Gasteiger partial charge < -0.3 is 14.4 Å². The first-order valence-electron chi connectivity index (χ1n) is 12.4. The number of aromatic nitrogens is 1. The van der Waals surface area contributed by atoms with Crippen LogP contribution in [0.2, 0.25) is 0 Å². The van der Waals surface area contributed by atoms with Crippen molar-refractivity contribution >= 4 is 16.9 Å². The number of carboxylic acids is 1. The van der Waals surface area contributed by atoms with E-state index in [-0.39, 0.29) is 18.9 Å². The van der Waals surface area contributed by atoms with E-state index in [2.05, 4.69) is 11.5 Å². The number of ether oxygens (including phenoxy) is 1. The number of rotatable bonds is 10. The molecule has 0 radical (unpaired) electrons. The quantitative estimate of drug-likeness (QED) is 0.298. The second-order valence-electron chi connectivity index (χ2n) is 9.42. The Morgan fingerprint density at radius 2 is 1.89 bits per heavy atom. The Labute approximate surface area is 203 Å². The van der Waals surface area contributed by atoms with Crippen molar-refractivity contribution in [3.63, 3.8) is 0 Å². The molecule has 0 aliphatic heterocycles. The van der Waals surface area contributed by atoms with E-state index in [4.69, 9.17) is 9.84 Å². The summed E-state index contributed by atoms with van der Waals surface area (Å²) in [5, 5.41) is 9.83. The van der Waals surface area contributed by atoms with Crippen LogP contribution >= 0.6 is 0 Å². The topological polar surface area (TPSA) is 51.5 Å². The highest BCUT2D eigenvalue weighted by atomic mass is 19.4. The SMILES string of the molecule is CCc1cc(OCc2ccc(C3CCCC3)c(C(F)(F)F)c2)cc2ccn(CCCCC(=O)O)c12. The maximum absolute atomic E-state index is 13.8. The number of alkyl halides is 3. The van der Waals surface area contributed by atoms with Gasteiger partial charge in [-0.2, -0.15) is 13.2 Å². The first kappa shape index (κ1) is 25.1. The van der Waals surface area contributed by atoms with Crippen molar-refractivity contribution in [2.45, 2.75) is 83.5 Å². The fourth-order valence-electron chi connectivity index (χ4n) is 5.21. The van der Waals surface area contributed by atoms with Gasteiger partial charge in [0, 0.05) is 24.5 Å². The number of fused-ring (bicyclic) bond motifs is 1. The zero-order chi connectivity index (χ0) is 25.0. The Hall–Kier alpha value is -2.96. The number of aryl methyl sites for hydroxylation is 2. The lowest BCUT2D eigenvalue weighted by Crippen LogP contribution is -2.12. The van der Waals surface area contributed by atoms with Crippen molar-refractivity contribution in [3.05, 3.63) is 64.8 Å². The van der Waals surface area contributed by atoms with Gasteiger partial charge >= 0.3 is 12.1 Å². The molecule has 1 heterocycles. The van der Waals surface area contributed by atoms with Crippen LogP contribution in [-0.4, -0.2) is 15.6 Å². The summed E-state index contributed by atoms with van der Waals surface area (Å²) in [5.74, 6) is -0.162. The Kier molecular flexibility index (Phi) is 7.72. The third-order valence-electron chi connectivity index (χ3n) is 6.96. The molecule has 4 nitrogen and oxygen atoms in total. The van der Waals surface area contributed by atoms with Gasteiger partial charge in [-0.05, 0) is 79.0 Å². The Morgan fingerprint density at radius 3 is 2.57 bits per heavy atom. The number of carboxylic acid groups (broad SMARTS) is 1. The maximum atomic E-state index is 13.8. The van der Waals surface area contributed by atoms with Gasteiger partial charge in [-0.1, -0.05) is 31.9 Å². The summed E-state index contributed by atoms with van der Waals surface area (Å²) in [6.07, 6.45) is 3.55. The van der Waals surface area contributed by atoms with Crippen LogP contribution in [0.5, 0.6) is 5.75 Å². The molecule has 0 atom stereocenters. The molecule has 1 N–H and O–H groups in total. The zero-order valence-electron chi connectivity index (χ0n) is 20.0. The monoisotopic (exact) mass is 487 g/mol. The van der Waals surface area contributed by atoms with Crippen molar-refractivity contribution in [1.82, 2.24) is 4.57 Å². The first-order valence-corrected chi connectivity index (χ1v) is 12.4. The average Bonchev–Trinajstić information content (AvgIpc) is 3.49. The molecule has 0 spiro atoms. The minimum absolute atomic E-state index is 0.00993. The number of halogens is 3. The molecule has 4 rings (SSSR count). The average molecular weight is 488 g/mol. The first-order chi connectivity index (χ1) is 16.8. The van der Waals surface area contributed by atoms with E-state index in [9.17, 15) is 18.0 Å². The number of unbranched alkanes of at least 4 members (excludes halogenated alkanes) is 1. The van der Waals surface area contributed by atoms with E-state index in [1.165, 1.54) is 6.07 Å². The van der Waals surface area contributed by atoms with Crippen LogP contribution in [0.25, 0.3) is 10.9 Å². The number of aliphatic carboxylic acids is 1. The second kappa shape index (κ2) is 10.8. The van der Waals surface area contributed by atoms with Gasteiger partial charge in [0.2, 0.25) is 0 Å². The van der Waals surface area contributed by atoms with Gasteiger partial charge in [0.05, 0.1) is 11.1 Å². The number of hydrogen-bond acceptors (Lipinski definition) is 2. The van der Waals surface area contributed by atoms with Crippen molar-refractivity contribution in [3.8, 4) is 5.75 Å². The molecule has 0 saturated heterocycles. The minimum Gasteiger partial charge on any atom is -0.489 e. The van der Waals surface area contributed by atoms with Crippen LogP contribution < -0.4 is 4.74 Å². The summed E-state index contributed by atoms with van der Waals surface area (Å²) < 4.78 is 49.5. The van der Waals surface area contributed by atoms with Crippen molar-refractivity contribution in [2.24, 2.45) is 0 Å². The summed E-state index contributed by atoms with van der Waals surface area (Å²) in [6, 6.07) is 10.5. The Balaban J connectivity index is 1.50. The van der Waals surface area contributed by atoms with E-state index in [1.807, 2.05) is 24.4 Å². The highest BCUT2D eigenvalue weighted by Gasteiger charge is 2.36. The normalized spacial score (nSPS) is 14.6. The molecule has 1 saturated carbocycles. The van der Waals surface area contributed by atoms with Crippen molar-refractivity contribution < 1.29 is 27.8 Å². The van der Waals surface area contributed by atoms with Crippen LogP contribution in [0.15, 0.2) is 42.6 Å². The van der Waals surface area contributed by atoms with Crippen LogP contribution in [0, 0.1) is 0 Å². The van der Waals surface area contributed by atoms with Crippen LogP contribution in [0.3, 0.4) is 0 Å². The molecular formula is C28H32F3NO3. The maximum Gasteiger partial charge on any atom is 0.416 e. The van der Waals surface area contributed by atoms with Gasteiger partial charge in [-0.3, -0.25) is 4.79 Å². The summed E-state index contributed by atoms with van der Waals surface area (Å²) in [6.45, 7) is 2.85. The van der Waals surface area contributed by atoms with Gasteiger partial charge in [0.25, 0.3) is 0 Å². The molecule has 1 aliphatic carbocycles. The smallest absolute Gasteiger partial charge is 0.416 e. The standard InChI is InChI=1S/C28H32F3NO3/c1-2-20-16-23(17-22-12-14-32(27(20)22)13-6-5-9-26(33)34)35-18-19-10-11-24(21-7-3-4-8-21)25(15-19)28(29,30)31/h10-12,14-17,21H,2-9,13,18H2,1H3,(H,33,34). The minimum atomic E-state index is -4.38. The third-order valence-corrected chi connectivity index (χ3v) is 6.96. The lowest BCUT2D eigenvalue weighted by Gasteiger charge is -2.19. The van der Waals surface area contributed by atoms with Gasteiger partial charge in [0.1, 0.15) is 12.4 Å². The molecule has 2 aromatic carbocycles. The fourth-order valence-corrected chi connectivity index (χ4v) is 5.21. The van der Waals surface area contributed by atoms with Crippen LogP contribution in [0.4, 0.5) is 13.2 Å². The highest BCUT2D eigenvalue weighted by Crippen LogP contribution is 2.42. The summed E-state index contributed by atoms with van der Waals surface area (Å²) in [4.78, 5) is 10.7. The molecule has 35 heavy (non-hydrogen) atoms. The molecule has 1 aliphatic rings. The Morgan fingerprint density at radius 1 is 1.11 bits per heavy atom. The zero-order valence-corrected chi connectivity index (χ0v) is 20.0. The summed E-state index contributed by atoms with van der Waals surface area (Å²) >= 11 is 0. The van der Waals surface area contributed by atoms with E-state index < -0.39 is 17.7 Å². The molecule has 3 aromatic rings. The Bertz CT molecular complexity index is 1180. The molecule has 7 heteroatoms. The van der Waals surface area contributed by atoms with E-state index in [0.717, 1.165) is 61.5 Å². The largest absolute Gasteiger partial charge is 0.489 e. The second-order valence-corrected chi connectivity index (χ2v) is 9.42. The van der Waals surface area contributed by atoms with E-state index >= 15 is 0 Å². The van der Waals surface area contributed by atoms with Gasteiger partial charge in [-0.15, -0.1) is 0 Å². The van der Waals surface area contributed by atoms with Crippen LogP contribution in [0.1, 0.15) is 80.0 Å². The third kappa shape index (κ3) is 6.00. The van der Waals surface area contributed by atoms with Crippen molar-refractivity contribution in [1.29, 1.82) is 0 Å². The molecule has 0 bridgehead atoms. The molecule has 0 amide bonds. The van der Waals surface area contributed by atoms with Crippen molar-refractivity contribution in [2.75, 3.05) is 0 Å². The summed E-state index contributed by atoms with van der Waals surface area (Å²) in [7, 11) is 0. The predicted molar refractivity (Wildman–Crippen MR) is 130 cm³/mol. The molecule has 1 aromatic heterocycles. The van der Waals surface area contributed by atoms with Crippen LogP contribution in [-0.2, 0) is 30.5 Å². The number of carbonyl (C=O) groups is 1. The fraction of sp³-hybridized carbons (Fsp3) is 0.464. The molecule has 0 unspecified atom stereocenters. The van der Waals surface area contributed by atoms with Gasteiger partial charge in [0.15, 0.2) is 0 Å². The lowest BCUT2D eigenvalue weighted by atomic mass is 9.91. The lowest BCUT2D eigenvalue weighted by molar-refractivity contribution is -0.138. The highest BCUT2D eigenvalue weighted by molar-refractivity contribution is 5.85. The van der Waals surface area contributed by atoms with E-state index in [1.54, 1.807) is 12.1 Å². The molecular weight excluding hydrogens is 455 g/mol. The van der Waals surface area contributed by atoms with E-state index in [0.29, 0.717) is 23.3 Å². The predicted octanol–water partition coefficient (Wildman–Crippen LogP) is 7.71. The number of nitrogens with zero attached hydrogens (tertiary/aromatic N) is 1. The summed E-state index contributed by atoms with van der Waals surface area (Å²) in [5.41, 5.74) is 2.57. The molecule has 188 valence electrons. The van der Waals surface area contributed by atoms with Gasteiger partial charge in [-0.25, -0.2) is 0 Å². The molecule has 1 fully saturated rings. The number of benzene rings is 2. The number of hydrogen-bond donors (Lipinski definition) is 1.